The molecule has 5 heteroatoms. The van der Waals surface area contributed by atoms with Crippen molar-refractivity contribution in [2.45, 2.75) is 13.8 Å². The molecule has 17 heavy (non-hydrogen) atoms. The number of benzene rings is 1. The van der Waals surface area contributed by atoms with Gasteiger partial charge in [0.1, 0.15) is 0 Å². The first-order valence-corrected chi connectivity index (χ1v) is 5.28. The van der Waals surface area contributed by atoms with Gasteiger partial charge in [-0.05, 0) is 6.92 Å². The summed E-state index contributed by atoms with van der Waals surface area (Å²) in [7, 11) is 1.54. The predicted molar refractivity (Wildman–Crippen MR) is 62.7 cm³/mol. The van der Waals surface area contributed by atoms with Gasteiger partial charge in [0.2, 0.25) is 0 Å². The third-order valence-electron chi connectivity index (χ3n) is 2.32. The summed E-state index contributed by atoms with van der Waals surface area (Å²) >= 11 is 0. The maximum Gasteiger partial charge on any atom is 0.346 e. The molecule has 5 nitrogen and oxygen atoms in total. The van der Waals surface area contributed by atoms with Crippen LogP contribution < -0.4 is 15.1 Å². The van der Waals surface area contributed by atoms with Crippen LogP contribution in [0.5, 0.6) is 11.5 Å². The molecule has 0 N–H and O–H groups in total. The van der Waals surface area contributed by atoms with Gasteiger partial charge in [-0.25, -0.2) is 9.78 Å². The molecule has 0 amide bonds. The minimum absolute atomic E-state index is 0.328. The maximum absolute atomic E-state index is 11.7. The summed E-state index contributed by atoms with van der Waals surface area (Å²) in [4.78, 5) is 15.8. The van der Waals surface area contributed by atoms with Gasteiger partial charge in [0.05, 0.1) is 24.6 Å². The van der Waals surface area contributed by atoms with Crippen LogP contribution in [0.3, 0.4) is 0 Å². The zero-order chi connectivity index (χ0) is 12.4. The Balaban J connectivity index is 2.73. The van der Waals surface area contributed by atoms with E-state index in [1.165, 1.54) is 0 Å². The van der Waals surface area contributed by atoms with Crippen molar-refractivity contribution in [1.29, 1.82) is 0 Å². The van der Waals surface area contributed by atoms with E-state index in [9.17, 15) is 4.79 Å². The monoisotopic (exact) mass is 235 g/mol. The Morgan fingerprint density at radius 2 is 2.12 bits per heavy atom. The number of hydrogen-bond acceptors (Lipinski definition) is 5. The molecule has 2 rings (SSSR count). The number of hydrogen-bond donors (Lipinski definition) is 0. The first-order chi connectivity index (χ1) is 8.15. The molecular formula is C12H13NO4. The molecule has 0 spiro atoms. The molecule has 1 aromatic heterocycles. The van der Waals surface area contributed by atoms with Crippen LogP contribution >= 0.6 is 0 Å². The van der Waals surface area contributed by atoms with Gasteiger partial charge in [0.25, 0.3) is 0 Å². The Morgan fingerprint density at radius 3 is 2.76 bits per heavy atom. The van der Waals surface area contributed by atoms with Gasteiger partial charge >= 0.3 is 5.63 Å². The lowest BCUT2D eigenvalue weighted by molar-refractivity contribution is 0.311. The van der Waals surface area contributed by atoms with Crippen molar-refractivity contribution in [2.75, 3.05) is 13.7 Å². The van der Waals surface area contributed by atoms with Crippen molar-refractivity contribution in [2.24, 2.45) is 0 Å². The standard InChI is InChI=1S/C12H13NO4/c1-4-16-11-5-8-9(6-10(11)15-3)13-7(2)17-12(8)14/h5-6H,4H2,1-3H3. The number of methoxy groups -OCH3 is 1. The molecule has 90 valence electrons. The highest BCUT2D eigenvalue weighted by Crippen LogP contribution is 2.30. The van der Waals surface area contributed by atoms with Crippen molar-refractivity contribution in [3.05, 3.63) is 28.4 Å². The SMILES string of the molecule is CCOc1cc2c(=O)oc(C)nc2cc1OC. The lowest BCUT2D eigenvalue weighted by Gasteiger charge is -2.09. The Hall–Kier alpha value is -2.04. The summed E-state index contributed by atoms with van der Waals surface area (Å²) in [5.41, 5.74) is 0.121. The number of fused-ring (bicyclic) bond motifs is 1. The maximum atomic E-state index is 11.7. The first kappa shape index (κ1) is 11.4. The van der Waals surface area contributed by atoms with Crippen molar-refractivity contribution in [3.8, 4) is 11.5 Å². The molecule has 0 saturated heterocycles. The summed E-state index contributed by atoms with van der Waals surface area (Å²) in [6.45, 7) is 3.98. The topological polar surface area (TPSA) is 61.6 Å². The van der Waals surface area contributed by atoms with Crippen LogP contribution in [0.25, 0.3) is 10.9 Å². The number of aromatic nitrogens is 1. The van der Waals surface area contributed by atoms with Crippen molar-refractivity contribution in [1.82, 2.24) is 4.98 Å². The third kappa shape index (κ3) is 2.08. The van der Waals surface area contributed by atoms with E-state index in [2.05, 4.69) is 4.98 Å². The molecule has 0 aliphatic heterocycles. The second-order valence-corrected chi connectivity index (χ2v) is 3.47. The fourth-order valence-corrected chi connectivity index (χ4v) is 1.61. The van der Waals surface area contributed by atoms with Crippen LogP contribution in [0.2, 0.25) is 0 Å². The normalized spacial score (nSPS) is 10.5. The van der Waals surface area contributed by atoms with E-state index in [1.807, 2.05) is 6.92 Å². The highest BCUT2D eigenvalue weighted by atomic mass is 16.5. The summed E-state index contributed by atoms with van der Waals surface area (Å²) in [5, 5.41) is 0.389. The van der Waals surface area contributed by atoms with Gasteiger partial charge in [-0.2, -0.15) is 0 Å². The molecule has 0 bridgehead atoms. The fraction of sp³-hybridized carbons (Fsp3) is 0.333. The van der Waals surface area contributed by atoms with Crippen molar-refractivity contribution < 1.29 is 13.9 Å². The highest BCUT2D eigenvalue weighted by Gasteiger charge is 2.11. The minimum atomic E-state index is -0.420. The molecule has 1 heterocycles. The van der Waals surface area contributed by atoms with Crippen LogP contribution in [-0.4, -0.2) is 18.7 Å². The van der Waals surface area contributed by atoms with Crippen LogP contribution in [0.15, 0.2) is 21.3 Å². The molecule has 0 aliphatic carbocycles. The zero-order valence-corrected chi connectivity index (χ0v) is 9.94. The predicted octanol–water partition coefficient (Wildman–Crippen LogP) is 1.90. The lowest BCUT2D eigenvalue weighted by atomic mass is 10.2. The number of nitrogens with zero attached hydrogens (tertiary/aromatic N) is 1. The minimum Gasteiger partial charge on any atom is -0.493 e. The number of ether oxygens (including phenoxy) is 2. The number of rotatable bonds is 3. The van der Waals surface area contributed by atoms with E-state index < -0.39 is 5.63 Å². The Kier molecular flexibility index (Phi) is 2.99. The Labute approximate surface area is 98.0 Å². The van der Waals surface area contributed by atoms with Crippen molar-refractivity contribution in [3.63, 3.8) is 0 Å². The zero-order valence-electron chi connectivity index (χ0n) is 9.94. The average molecular weight is 235 g/mol. The molecule has 0 saturated carbocycles. The quantitative estimate of drug-likeness (QED) is 0.813. The van der Waals surface area contributed by atoms with Gasteiger partial charge < -0.3 is 13.9 Å². The van der Waals surface area contributed by atoms with Gasteiger partial charge in [-0.1, -0.05) is 0 Å². The van der Waals surface area contributed by atoms with E-state index in [4.69, 9.17) is 13.9 Å². The Bertz CT molecular complexity index is 603. The first-order valence-electron chi connectivity index (χ1n) is 5.28. The molecule has 0 aliphatic rings. The second kappa shape index (κ2) is 4.45. The van der Waals surface area contributed by atoms with Gasteiger partial charge in [-0.3, -0.25) is 0 Å². The summed E-state index contributed by atoms with van der Waals surface area (Å²) in [6.07, 6.45) is 0. The summed E-state index contributed by atoms with van der Waals surface area (Å²) in [5.74, 6) is 1.39. The van der Waals surface area contributed by atoms with E-state index in [-0.39, 0.29) is 0 Å². The Morgan fingerprint density at radius 1 is 1.35 bits per heavy atom. The van der Waals surface area contributed by atoms with Crippen LogP contribution in [0.1, 0.15) is 12.8 Å². The van der Waals surface area contributed by atoms with Crippen LogP contribution in [0.4, 0.5) is 0 Å². The number of aryl methyl sites for hydroxylation is 1. The lowest BCUT2D eigenvalue weighted by Crippen LogP contribution is -2.04. The summed E-state index contributed by atoms with van der Waals surface area (Å²) < 4.78 is 15.5. The van der Waals surface area contributed by atoms with Crippen molar-refractivity contribution >= 4 is 10.9 Å². The second-order valence-electron chi connectivity index (χ2n) is 3.47. The van der Waals surface area contributed by atoms with Crippen LogP contribution in [-0.2, 0) is 0 Å². The van der Waals surface area contributed by atoms with Gasteiger partial charge in [-0.15, -0.1) is 0 Å². The van der Waals surface area contributed by atoms with E-state index in [0.717, 1.165) is 0 Å². The molecular weight excluding hydrogens is 222 g/mol. The van der Waals surface area contributed by atoms with Crippen LogP contribution in [0, 0.1) is 6.92 Å². The van der Waals surface area contributed by atoms with E-state index in [0.29, 0.717) is 34.9 Å². The third-order valence-corrected chi connectivity index (χ3v) is 2.32. The average Bonchev–Trinajstić information content (AvgIpc) is 2.29. The molecule has 0 fully saturated rings. The molecule has 0 atom stereocenters. The smallest absolute Gasteiger partial charge is 0.346 e. The largest absolute Gasteiger partial charge is 0.493 e. The molecule has 2 aromatic rings. The fourth-order valence-electron chi connectivity index (χ4n) is 1.61. The summed E-state index contributed by atoms with van der Waals surface area (Å²) in [6, 6.07) is 3.26. The molecule has 1 aromatic carbocycles. The van der Waals surface area contributed by atoms with Gasteiger partial charge in [0, 0.05) is 19.1 Å². The highest BCUT2D eigenvalue weighted by molar-refractivity contribution is 5.81. The molecule has 0 radical (unpaired) electrons. The van der Waals surface area contributed by atoms with E-state index >= 15 is 0 Å². The van der Waals surface area contributed by atoms with E-state index in [1.54, 1.807) is 26.2 Å². The molecule has 0 unspecified atom stereocenters. The van der Waals surface area contributed by atoms with Gasteiger partial charge in [0.15, 0.2) is 17.4 Å².